The second kappa shape index (κ2) is 6.96. The van der Waals surface area contributed by atoms with E-state index in [1.54, 1.807) is 6.07 Å². The molecule has 5 nitrogen and oxygen atoms in total. The largest absolute Gasteiger partial charge is 0.495 e. The van der Waals surface area contributed by atoms with Crippen LogP contribution in [0.2, 0.25) is 0 Å². The molecule has 0 fully saturated rings. The van der Waals surface area contributed by atoms with Crippen molar-refractivity contribution in [3.8, 4) is 5.75 Å². The van der Waals surface area contributed by atoms with Crippen LogP contribution in [-0.4, -0.2) is 36.5 Å². The Hall–Kier alpha value is -0.785. The second-order valence-electron chi connectivity index (χ2n) is 4.07. The van der Waals surface area contributed by atoms with Crippen LogP contribution in [0.5, 0.6) is 5.75 Å². The minimum Gasteiger partial charge on any atom is -0.494 e. The SMILES string of the molecule is Cl.N[C@H](CO)CCOc1cccc2c1B(O)OC2. The zero-order valence-corrected chi connectivity index (χ0v) is 10.7. The lowest BCUT2D eigenvalue weighted by Crippen LogP contribution is -2.31. The van der Waals surface area contributed by atoms with E-state index in [2.05, 4.69) is 0 Å². The first-order valence-corrected chi connectivity index (χ1v) is 5.63. The van der Waals surface area contributed by atoms with E-state index < -0.39 is 7.12 Å². The summed E-state index contributed by atoms with van der Waals surface area (Å²) in [4.78, 5) is 0. The molecular formula is C11H17BClNO4. The first-order chi connectivity index (χ1) is 8.22. The minimum atomic E-state index is -0.910. The van der Waals surface area contributed by atoms with Gasteiger partial charge in [0.05, 0.1) is 19.8 Å². The molecule has 1 aliphatic heterocycles. The predicted octanol–water partition coefficient (Wildman–Crippen LogP) is -0.585. The first-order valence-electron chi connectivity index (χ1n) is 5.63. The number of fused-ring (bicyclic) bond motifs is 1. The average Bonchev–Trinajstić information content (AvgIpc) is 2.72. The van der Waals surface area contributed by atoms with Gasteiger partial charge >= 0.3 is 7.12 Å². The summed E-state index contributed by atoms with van der Waals surface area (Å²) in [6.45, 7) is 0.761. The molecule has 0 saturated heterocycles. The molecule has 0 radical (unpaired) electrons. The maximum absolute atomic E-state index is 9.65. The molecule has 1 aromatic carbocycles. The number of aliphatic hydroxyl groups excluding tert-OH is 1. The van der Waals surface area contributed by atoms with Crippen LogP contribution in [0.1, 0.15) is 12.0 Å². The Bertz CT molecular complexity index is 393. The van der Waals surface area contributed by atoms with Crippen LogP contribution in [-0.2, 0) is 11.3 Å². The minimum absolute atomic E-state index is 0. The topological polar surface area (TPSA) is 84.9 Å². The molecule has 1 heterocycles. The molecule has 100 valence electrons. The van der Waals surface area contributed by atoms with Crippen LogP contribution < -0.4 is 15.9 Å². The fraction of sp³-hybridized carbons (Fsp3) is 0.455. The number of aliphatic hydroxyl groups is 1. The van der Waals surface area contributed by atoms with Crippen molar-refractivity contribution >= 4 is 25.0 Å². The van der Waals surface area contributed by atoms with Gasteiger partial charge in [0.25, 0.3) is 0 Å². The lowest BCUT2D eigenvalue weighted by molar-refractivity contribution is 0.230. The normalized spacial score (nSPS) is 14.9. The number of hydrogen-bond acceptors (Lipinski definition) is 5. The molecule has 0 aromatic heterocycles. The Kier molecular flexibility index (Phi) is 5.91. The lowest BCUT2D eigenvalue weighted by atomic mass is 9.79. The van der Waals surface area contributed by atoms with Gasteiger partial charge in [0, 0.05) is 11.5 Å². The van der Waals surface area contributed by atoms with E-state index in [-0.39, 0.29) is 25.1 Å². The smallest absolute Gasteiger partial charge is 0.494 e. The van der Waals surface area contributed by atoms with Gasteiger partial charge in [-0.05, 0) is 18.1 Å². The van der Waals surface area contributed by atoms with Gasteiger partial charge in [-0.15, -0.1) is 12.4 Å². The van der Waals surface area contributed by atoms with Crippen molar-refractivity contribution < 1.29 is 19.5 Å². The van der Waals surface area contributed by atoms with Gasteiger partial charge in [-0.3, -0.25) is 0 Å². The standard InChI is InChI=1S/C11H16BNO4.ClH/c13-9(6-14)4-5-16-10-3-1-2-8-7-17-12(15)11(8)10;/h1-3,9,14-15H,4-7,13H2;1H/t9-;/m0./s1. The number of rotatable bonds is 5. The molecule has 0 aliphatic carbocycles. The highest BCUT2D eigenvalue weighted by molar-refractivity contribution is 6.62. The van der Waals surface area contributed by atoms with Gasteiger partial charge in [-0.25, -0.2) is 0 Å². The average molecular weight is 274 g/mol. The first kappa shape index (κ1) is 15.3. The van der Waals surface area contributed by atoms with Crippen LogP contribution in [0.4, 0.5) is 0 Å². The third-order valence-corrected chi connectivity index (χ3v) is 2.78. The summed E-state index contributed by atoms with van der Waals surface area (Å²) in [5, 5.41) is 18.4. The number of benzene rings is 1. The van der Waals surface area contributed by atoms with Gasteiger partial charge in [-0.1, -0.05) is 12.1 Å². The van der Waals surface area contributed by atoms with Gasteiger partial charge in [-0.2, -0.15) is 0 Å². The molecule has 1 aliphatic rings. The van der Waals surface area contributed by atoms with Crippen molar-refractivity contribution in [2.24, 2.45) is 5.73 Å². The van der Waals surface area contributed by atoms with Crippen LogP contribution >= 0.6 is 12.4 Å². The molecule has 1 aromatic rings. The van der Waals surface area contributed by atoms with Crippen molar-refractivity contribution in [2.75, 3.05) is 13.2 Å². The Morgan fingerprint density at radius 2 is 2.28 bits per heavy atom. The summed E-state index contributed by atoms with van der Waals surface area (Å²) < 4.78 is 10.7. The van der Waals surface area contributed by atoms with E-state index in [0.717, 1.165) is 5.56 Å². The summed E-state index contributed by atoms with van der Waals surface area (Å²) in [6, 6.07) is 5.29. The maximum atomic E-state index is 9.65. The highest BCUT2D eigenvalue weighted by atomic mass is 35.5. The highest BCUT2D eigenvalue weighted by Gasteiger charge is 2.30. The molecule has 0 spiro atoms. The molecule has 4 N–H and O–H groups in total. The molecule has 1 atom stereocenters. The molecule has 0 saturated carbocycles. The van der Waals surface area contributed by atoms with Gasteiger partial charge in [0.2, 0.25) is 0 Å². The van der Waals surface area contributed by atoms with E-state index in [0.29, 0.717) is 30.8 Å². The summed E-state index contributed by atoms with van der Waals surface area (Å²) in [6.07, 6.45) is 0.567. The Morgan fingerprint density at radius 1 is 1.50 bits per heavy atom. The van der Waals surface area contributed by atoms with Crippen molar-refractivity contribution in [1.82, 2.24) is 0 Å². The number of halogens is 1. The third kappa shape index (κ3) is 3.37. The molecule has 2 rings (SSSR count). The molecule has 0 bridgehead atoms. The predicted molar refractivity (Wildman–Crippen MR) is 71.3 cm³/mol. The summed E-state index contributed by atoms with van der Waals surface area (Å²) in [5.41, 5.74) is 7.22. The molecule has 0 unspecified atom stereocenters. The van der Waals surface area contributed by atoms with E-state index >= 15 is 0 Å². The molecule has 18 heavy (non-hydrogen) atoms. The monoisotopic (exact) mass is 273 g/mol. The Morgan fingerprint density at radius 3 is 3.00 bits per heavy atom. The zero-order valence-electron chi connectivity index (χ0n) is 9.91. The highest BCUT2D eigenvalue weighted by Crippen LogP contribution is 2.18. The van der Waals surface area contributed by atoms with Crippen molar-refractivity contribution in [2.45, 2.75) is 19.1 Å². The van der Waals surface area contributed by atoms with Gasteiger partial charge in [0.15, 0.2) is 0 Å². The second-order valence-corrected chi connectivity index (χ2v) is 4.07. The molecule has 0 amide bonds. The van der Waals surface area contributed by atoms with Crippen LogP contribution in [0.3, 0.4) is 0 Å². The maximum Gasteiger partial charge on any atom is 0.495 e. The van der Waals surface area contributed by atoms with Crippen LogP contribution in [0, 0.1) is 0 Å². The zero-order chi connectivity index (χ0) is 12.3. The van der Waals surface area contributed by atoms with E-state index in [9.17, 15) is 5.02 Å². The third-order valence-electron chi connectivity index (χ3n) is 2.78. The Balaban J connectivity index is 0.00000162. The number of ether oxygens (including phenoxy) is 1. The number of hydrogen-bond donors (Lipinski definition) is 3. The number of nitrogens with two attached hydrogens (primary N) is 1. The molecular weight excluding hydrogens is 256 g/mol. The fourth-order valence-corrected chi connectivity index (χ4v) is 1.79. The van der Waals surface area contributed by atoms with Crippen molar-refractivity contribution in [3.05, 3.63) is 23.8 Å². The quantitative estimate of drug-likeness (QED) is 0.625. The fourth-order valence-electron chi connectivity index (χ4n) is 1.79. The van der Waals surface area contributed by atoms with E-state index in [1.807, 2.05) is 12.1 Å². The van der Waals surface area contributed by atoms with E-state index in [1.165, 1.54) is 0 Å². The van der Waals surface area contributed by atoms with Gasteiger partial charge < -0.3 is 25.3 Å². The van der Waals surface area contributed by atoms with E-state index in [4.69, 9.17) is 20.2 Å². The van der Waals surface area contributed by atoms with Gasteiger partial charge in [0.1, 0.15) is 5.75 Å². The molecule has 7 heteroatoms. The summed E-state index contributed by atoms with van der Waals surface area (Å²) in [5.74, 6) is 0.623. The van der Waals surface area contributed by atoms with Crippen molar-refractivity contribution in [3.63, 3.8) is 0 Å². The Labute approximate surface area is 112 Å². The lowest BCUT2D eigenvalue weighted by Gasteiger charge is -2.12. The van der Waals surface area contributed by atoms with Crippen LogP contribution in [0.25, 0.3) is 0 Å². The summed E-state index contributed by atoms with van der Waals surface area (Å²) in [7, 11) is -0.910. The van der Waals surface area contributed by atoms with Crippen molar-refractivity contribution in [1.29, 1.82) is 0 Å². The van der Waals surface area contributed by atoms with Crippen LogP contribution in [0.15, 0.2) is 18.2 Å². The summed E-state index contributed by atoms with van der Waals surface area (Å²) >= 11 is 0.